The molecule has 0 spiro atoms. The lowest BCUT2D eigenvalue weighted by atomic mass is 9.98. The number of nitriles is 1. The van der Waals surface area contributed by atoms with Crippen LogP contribution in [-0.4, -0.2) is 25.4 Å². The molecule has 31 heavy (non-hydrogen) atoms. The van der Waals surface area contributed by atoms with E-state index in [9.17, 15) is 5.26 Å². The van der Waals surface area contributed by atoms with Gasteiger partial charge in [0, 0.05) is 13.1 Å². The van der Waals surface area contributed by atoms with Gasteiger partial charge < -0.3 is 4.43 Å². The predicted molar refractivity (Wildman–Crippen MR) is 130 cm³/mol. The van der Waals surface area contributed by atoms with Crippen molar-refractivity contribution in [1.82, 2.24) is 4.90 Å². The molecule has 3 nitrogen and oxygen atoms in total. The molecule has 0 aliphatic heterocycles. The minimum absolute atomic E-state index is 0.0560. The molecule has 0 aliphatic carbocycles. The highest BCUT2D eigenvalue weighted by Crippen LogP contribution is 2.23. The fourth-order valence-corrected chi connectivity index (χ4v) is 4.75. The Morgan fingerprint density at radius 3 is 1.55 bits per heavy atom. The summed E-state index contributed by atoms with van der Waals surface area (Å²) in [5, 5.41) is 10.1. The second kappa shape index (κ2) is 11.1. The second-order valence-corrected chi connectivity index (χ2v) is 13.4. The summed E-state index contributed by atoms with van der Waals surface area (Å²) < 4.78 is 6.41. The van der Waals surface area contributed by atoms with E-state index in [0.717, 1.165) is 19.5 Å². The molecule has 0 aromatic heterocycles. The Kier molecular flexibility index (Phi) is 8.19. The highest BCUT2D eigenvalue weighted by Gasteiger charge is 2.32. The first-order valence-corrected chi connectivity index (χ1v) is 14.3. The van der Waals surface area contributed by atoms with Crippen molar-refractivity contribution in [2.24, 2.45) is 0 Å². The van der Waals surface area contributed by atoms with Crippen LogP contribution in [0.15, 0.2) is 91.0 Å². The highest BCUT2D eigenvalue weighted by molar-refractivity contribution is 6.69. The fourth-order valence-electron chi connectivity index (χ4n) is 3.78. The van der Waals surface area contributed by atoms with Crippen molar-refractivity contribution in [2.75, 3.05) is 0 Å². The van der Waals surface area contributed by atoms with Gasteiger partial charge in [0.1, 0.15) is 6.10 Å². The number of rotatable bonds is 10. The Morgan fingerprint density at radius 2 is 1.16 bits per heavy atom. The van der Waals surface area contributed by atoms with E-state index in [-0.39, 0.29) is 6.04 Å². The van der Waals surface area contributed by atoms with E-state index in [1.54, 1.807) is 0 Å². The van der Waals surface area contributed by atoms with Crippen molar-refractivity contribution < 1.29 is 4.43 Å². The largest absolute Gasteiger partial charge is 0.401 e. The Morgan fingerprint density at radius 1 is 0.742 bits per heavy atom. The maximum Gasteiger partial charge on any atom is 0.185 e. The lowest BCUT2D eigenvalue weighted by Gasteiger charge is -2.37. The van der Waals surface area contributed by atoms with Gasteiger partial charge in [0.15, 0.2) is 8.32 Å². The van der Waals surface area contributed by atoms with Gasteiger partial charge in [-0.25, -0.2) is 0 Å². The van der Waals surface area contributed by atoms with Crippen molar-refractivity contribution in [2.45, 2.75) is 51.3 Å². The molecule has 0 saturated carbocycles. The van der Waals surface area contributed by atoms with Crippen LogP contribution in [0.5, 0.6) is 0 Å². The van der Waals surface area contributed by atoms with Gasteiger partial charge in [0.05, 0.1) is 12.1 Å². The van der Waals surface area contributed by atoms with Crippen LogP contribution in [0.4, 0.5) is 0 Å². The molecule has 2 unspecified atom stereocenters. The van der Waals surface area contributed by atoms with Crippen LogP contribution in [0.2, 0.25) is 19.6 Å². The van der Waals surface area contributed by atoms with E-state index < -0.39 is 14.4 Å². The average Bonchev–Trinajstić information content (AvgIpc) is 2.77. The van der Waals surface area contributed by atoms with Gasteiger partial charge >= 0.3 is 0 Å². The smallest absolute Gasteiger partial charge is 0.185 e. The summed E-state index contributed by atoms with van der Waals surface area (Å²) in [6, 6.07) is 33.9. The van der Waals surface area contributed by atoms with Crippen molar-refractivity contribution in [1.29, 1.82) is 5.26 Å². The first-order chi connectivity index (χ1) is 14.9. The molecule has 2 atom stereocenters. The SMILES string of the molecule is C[Si](C)(C)OC(C#N)C(Cc1ccccc1)N(Cc1ccccc1)Cc1ccccc1. The Bertz CT molecular complexity index is 908. The standard InChI is InChI=1S/C27H32N2OSi/c1-31(2,3)30-27(20-28)26(19-23-13-7-4-8-14-23)29(21-24-15-9-5-10-16-24)22-25-17-11-6-12-18-25/h4-18,26-27H,19,21-22H2,1-3H3. The van der Waals surface area contributed by atoms with Crippen molar-refractivity contribution in [3.63, 3.8) is 0 Å². The Balaban J connectivity index is 1.97. The Labute approximate surface area is 188 Å². The summed E-state index contributed by atoms with van der Waals surface area (Å²) in [5.41, 5.74) is 3.69. The van der Waals surface area contributed by atoms with Gasteiger partial charge in [0.25, 0.3) is 0 Å². The summed E-state index contributed by atoms with van der Waals surface area (Å²) in [4.78, 5) is 2.41. The number of hydrogen-bond acceptors (Lipinski definition) is 3. The van der Waals surface area contributed by atoms with Gasteiger partial charge in [-0.15, -0.1) is 0 Å². The average molecular weight is 429 g/mol. The van der Waals surface area contributed by atoms with E-state index in [4.69, 9.17) is 4.43 Å². The molecule has 0 amide bonds. The molecule has 0 bridgehead atoms. The lowest BCUT2D eigenvalue weighted by molar-refractivity contribution is 0.0811. The zero-order valence-electron chi connectivity index (χ0n) is 18.7. The summed E-state index contributed by atoms with van der Waals surface area (Å²) in [6.45, 7) is 7.97. The summed E-state index contributed by atoms with van der Waals surface area (Å²) >= 11 is 0. The van der Waals surface area contributed by atoms with E-state index in [2.05, 4.69) is 103 Å². The van der Waals surface area contributed by atoms with Crippen LogP contribution in [0.25, 0.3) is 0 Å². The second-order valence-electron chi connectivity index (χ2n) is 8.91. The van der Waals surface area contributed by atoms with Crippen LogP contribution in [0, 0.1) is 11.3 Å². The van der Waals surface area contributed by atoms with Gasteiger partial charge in [-0.05, 0) is 42.8 Å². The van der Waals surface area contributed by atoms with Crippen LogP contribution in [0.3, 0.4) is 0 Å². The molecule has 0 aliphatic rings. The van der Waals surface area contributed by atoms with Gasteiger partial charge in [0.2, 0.25) is 0 Å². The minimum atomic E-state index is -1.90. The highest BCUT2D eigenvalue weighted by atomic mass is 28.4. The minimum Gasteiger partial charge on any atom is -0.401 e. The lowest BCUT2D eigenvalue weighted by Crippen LogP contribution is -2.48. The molecular weight excluding hydrogens is 396 g/mol. The normalized spacial score (nSPS) is 13.5. The molecule has 0 radical (unpaired) electrons. The van der Waals surface area contributed by atoms with Gasteiger partial charge in [-0.3, -0.25) is 4.90 Å². The van der Waals surface area contributed by atoms with E-state index in [1.165, 1.54) is 16.7 Å². The first kappa shape index (κ1) is 23.0. The molecule has 0 fully saturated rings. The molecule has 4 heteroatoms. The third kappa shape index (κ3) is 7.48. The zero-order valence-corrected chi connectivity index (χ0v) is 19.7. The van der Waals surface area contributed by atoms with Crippen LogP contribution >= 0.6 is 0 Å². The van der Waals surface area contributed by atoms with Crippen molar-refractivity contribution in [3.8, 4) is 6.07 Å². The van der Waals surface area contributed by atoms with E-state index in [1.807, 2.05) is 18.2 Å². The monoisotopic (exact) mass is 428 g/mol. The summed E-state index contributed by atoms with van der Waals surface area (Å²) in [6.07, 6.45) is 0.280. The topological polar surface area (TPSA) is 36.3 Å². The van der Waals surface area contributed by atoms with Crippen molar-refractivity contribution in [3.05, 3.63) is 108 Å². The van der Waals surface area contributed by atoms with E-state index in [0.29, 0.717) is 0 Å². The molecule has 0 N–H and O–H groups in total. The van der Waals surface area contributed by atoms with Crippen LogP contribution < -0.4 is 0 Å². The molecule has 0 heterocycles. The quantitative estimate of drug-likeness (QED) is 0.369. The zero-order chi connectivity index (χ0) is 22.1. The number of hydrogen-bond donors (Lipinski definition) is 0. The number of nitrogens with zero attached hydrogens (tertiary/aromatic N) is 2. The predicted octanol–water partition coefficient (Wildman–Crippen LogP) is 6.04. The molecule has 0 saturated heterocycles. The van der Waals surface area contributed by atoms with Gasteiger partial charge in [-0.2, -0.15) is 5.26 Å². The van der Waals surface area contributed by atoms with E-state index >= 15 is 0 Å². The Hall–Kier alpha value is -2.71. The molecule has 3 aromatic carbocycles. The summed E-state index contributed by atoms with van der Waals surface area (Å²) in [7, 11) is -1.90. The third-order valence-corrected chi connectivity index (χ3v) is 6.13. The van der Waals surface area contributed by atoms with Crippen molar-refractivity contribution >= 4 is 8.32 Å². The van der Waals surface area contributed by atoms with Crippen LogP contribution in [0.1, 0.15) is 16.7 Å². The molecule has 3 rings (SSSR count). The molecular formula is C27H32N2OSi. The first-order valence-electron chi connectivity index (χ1n) is 10.9. The summed E-state index contributed by atoms with van der Waals surface area (Å²) in [5.74, 6) is 0. The van der Waals surface area contributed by atoms with Crippen LogP contribution in [-0.2, 0) is 23.9 Å². The molecule has 160 valence electrons. The maximum atomic E-state index is 10.1. The fraction of sp³-hybridized carbons (Fsp3) is 0.296. The third-order valence-electron chi connectivity index (χ3n) is 5.17. The maximum absolute atomic E-state index is 10.1. The van der Waals surface area contributed by atoms with Gasteiger partial charge in [-0.1, -0.05) is 91.0 Å². The number of benzene rings is 3. The molecule has 3 aromatic rings.